The molecule has 2 heterocycles. The first-order valence-electron chi connectivity index (χ1n) is 6.82. The van der Waals surface area contributed by atoms with Crippen molar-refractivity contribution in [2.24, 2.45) is 0 Å². The Morgan fingerprint density at radius 2 is 2.33 bits per heavy atom. The van der Waals surface area contributed by atoms with E-state index in [0.717, 1.165) is 38.7 Å². The van der Waals surface area contributed by atoms with Gasteiger partial charge in [0.1, 0.15) is 5.60 Å². The number of aromatic nitrogens is 2. The van der Waals surface area contributed by atoms with Crippen LogP contribution in [0.15, 0.2) is 4.52 Å². The van der Waals surface area contributed by atoms with Crippen molar-refractivity contribution in [1.29, 1.82) is 0 Å². The molecule has 1 aromatic heterocycles. The van der Waals surface area contributed by atoms with E-state index in [0.29, 0.717) is 17.8 Å². The Morgan fingerprint density at radius 1 is 1.50 bits per heavy atom. The third-order valence-electron chi connectivity index (χ3n) is 3.63. The van der Waals surface area contributed by atoms with Crippen LogP contribution in [0, 0.1) is 0 Å². The predicted molar refractivity (Wildman–Crippen MR) is 68.3 cm³/mol. The molecule has 1 aromatic rings. The van der Waals surface area contributed by atoms with Crippen molar-refractivity contribution < 1.29 is 9.26 Å². The molecule has 18 heavy (non-hydrogen) atoms. The van der Waals surface area contributed by atoms with Crippen LogP contribution in [-0.4, -0.2) is 29.8 Å². The van der Waals surface area contributed by atoms with E-state index in [1.54, 1.807) is 0 Å². The summed E-state index contributed by atoms with van der Waals surface area (Å²) in [6.45, 7) is 5.00. The Bertz CT molecular complexity index is 372. The van der Waals surface area contributed by atoms with E-state index in [4.69, 9.17) is 9.26 Å². The molecule has 0 radical (unpaired) electrons. The van der Waals surface area contributed by atoms with Gasteiger partial charge in [-0.3, -0.25) is 0 Å². The van der Waals surface area contributed by atoms with Gasteiger partial charge in [0.15, 0.2) is 0 Å². The van der Waals surface area contributed by atoms with Gasteiger partial charge in [0.05, 0.1) is 0 Å². The smallest absolute Gasteiger partial charge is 0.228 e. The van der Waals surface area contributed by atoms with E-state index in [-0.39, 0.29) is 5.60 Å². The first kappa shape index (κ1) is 13.5. The SMILES string of the molecule is CCCC(Cc1nc(C2(C)CCCO2)no1)NC. The fourth-order valence-electron chi connectivity index (χ4n) is 2.42. The van der Waals surface area contributed by atoms with Gasteiger partial charge in [-0.1, -0.05) is 18.5 Å². The summed E-state index contributed by atoms with van der Waals surface area (Å²) in [5.41, 5.74) is -0.346. The Labute approximate surface area is 108 Å². The van der Waals surface area contributed by atoms with Gasteiger partial charge in [-0.2, -0.15) is 4.98 Å². The zero-order valence-electron chi connectivity index (χ0n) is 11.5. The van der Waals surface area contributed by atoms with Crippen LogP contribution in [0.3, 0.4) is 0 Å². The molecule has 1 aliphatic heterocycles. The molecule has 2 atom stereocenters. The Hall–Kier alpha value is -0.940. The largest absolute Gasteiger partial charge is 0.367 e. The van der Waals surface area contributed by atoms with E-state index < -0.39 is 0 Å². The van der Waals surface area contributed by atoms with Crippen molar-refractivity contribution >= 4 is 0 Å². The third kappa shape index (κ3) is 2.90. The number of ether oxygens (including phenoxy) is 1. The standard InChI is InChI=1S/C13H23N3O2/c1-4-6-10(14-3)9-11-15-12(16-18-11)13(2)7-5-8-17-13/h10,14H,4-9H2,1-3H3. The molecule has 1 saturated heterocycles. The lowest BCUT2D eigenvalue weighted by Crippen LogP contribution is -2.27. The predicted octanol–water partition coefficient (Wildman–Crippen LogP) is 2.03. The fraction of sp³-hybridized carbons (Fsp3) is 0.846. The fourth-order valence-corrected chi connectivity index (χ4v) is 2.42. The summed E-state index contributed by atoms with van der Waals surface area (Å²) < 4.78 is 11.1. The molecule has 2 rings (SSSR count). The molecule has 1 N–H and O–H groups in total. The van der Waals surface area contributed by atoms with Crippen molar-refractivity contribution in [3.63, 3.8) is 0 Å². The molecule has 2 unspecified atom stereocenters. The zero-order valence-corrected chi connectivity index (χ0v) is 11.5. The second-order valence-electron chi connectivity index (χ2n) is 5.17. The summed E-state index contributed by atoms with van der Waals surface area (Å²) in [7, 11) is 1.97. The summed E-state index contributed by atoms with van der Waals surface area (Å²) in [4.78, 5) is 4.49. The number of rotatable bonds is 6. The Balaban J connectivity index is 2.01. The molecule has 0 bridgehead atoms. The van der Waals surface area contributed by atoms with Crippen molar-refractivity contribution in [1.82, 2.24) is 15.5 Å². The van der Waals surface area contributed by atoms with E-state index in [9.17, 15) is 0 Å². The van der Waals surface area contributed by atoms with Gasteiger partial charge in [-0.25, -0.2) is 0 Å². The number of nitrogens with one attached hydrogen (secondary N) is 1. The highest BCUT2D eigenvalue weighted by Gasteiger charge is 2.36. The van der Waals surface area contributed by atoms with Gasteiger partial charge in [-0.15, -0.1) is 0 Å². The van der Waals surface area contributed by atoms with Crippen LogP contribution < -0.4 is 5.32 Å². The maximum absolute atomic E-state index is 5.72. The molecule has 0 aromatic carbocycles. The second-order valence-corrected chi connectivity index (χ2v) is 5.17. The summed E-state index contributed by atoms with van der Waals surface area (Å²) in [5, 5.41) is 7.36. The Morgan fingerprint density at radius 3 is 2.94 bits per heavy atom. The lowest BCUT2D eigenvalue weighted by molar-refractivity contribution is 0.00768. The van der Waals surface area contributed by atoms with Crippen LogP contribution in [0.1, 0.15) is 51.2 Å². The summed E-state index contributed by atoms with van der Waals surface area (Å²) >= 11 is 0. The summed E-state index contributed by atoms with van der Waals surface area (Å²) in [5.74, 6) is 1.40. The molecular formula is C13H23N3O2. The average Bonchev–Trinajstić information content (AvgIpc) is 2.98. The lowest BCUT2D eigenvalue weighted by Gasteiger charge is -2.17. The normalized spacial score (nSPS) is 25.5. The molecular weight excluding hydrogens is 230 g/mol. The number of nitrogens with zero attached hydrogens (tertiary/aromatic N) is 2. The van der Waals surface area contributed by atoms with Crippen molar-refractivity contribution in [3.8, 4) is 0 Å². The van der Waals surface area contributed by atoms with E-state index in [1.165, 1.54) is 0 Å². The highest BCUT2D eigenvalue weighted by atomic mass is 16.5. The third-order valence-corrected chi connectivity index (χ3v) is 3.63. The van der Waals surface area contributed by atoms with Crippen LogP contribution in [-0.2, 0) is 16.8 Å². The van der Waals surface area contributed by atoms with Gasteiger partial charge < -0.3 is 14.6 Å². The minimum absolute atomic E-state index is 0.346. The number of hydrogen-bond donors (Lipinski definition) is 1. The van der Waals surface area contributed by atoms with E-state index in [2.05, 4.69) is 22.4 Å². The maximum Gasteiger partial charge on any atom is 0.228 e. The molecule has 1 aliphatic rings. The summed E-state index contributed by atoms with van der Waals surface area (Å²) in [6, 6.07) is 0.403. The molecule has 0 saturated carbocycles. The minimum Gasteiger partial charge on any atom is -0.367 e. The minimum atomic E-state index is -0.346. The monoisotopic (exact) mass is 253 g/mol. The molecule has 1 fully saturated rings. The van der Waals surface area contributed by atoms with Crippen LogP contribution in [0.5, 0.6) is 0 Å². The van der Waals surface area contributed by atoms with Gasteiger partial charge in [0, 0.05) is 19.1 Å². The molecule has 0 spiro atoms. The van der Waals surface area contributed by atoms with Gasteiger partial charge in [0.25, 0.3) is 0 Å². The van der Waals surface area contributed by atoms with Crippen LogP contribution in [0.25, 0.3) is 0 Å². The maximum atomic E-state index is 5.72. The quantitative estimate of drug-likeness (QED) is 0.840. The first-order valence-corrected chi connectivity index (χ1v) is 6.82. The van der Waals surface area contributed by atoms with Crippen molar-refractivity contribution in [2.75, 3.05) is 13.7 Å². The topological polar surface area (TPSA) is 60.2 Å². The second kappa shape index (κ2) is 5.80. The molecule has 5 heteroatoms. The molecule has 0 aliphatic carbocycles. The number of hydrogen-bond acceptors (Lipinski definition) is 5. The van der Waals surface area contributed by atoms with Crippen LogP contribution in [0.4, 0.5) is 0 Å². The zero-order chi connectivity index (χ0) is 13.0. The first-order chi connectivity index (χ1) is 8.68. The van der Waals surface area contributed by atoms with Crippen LogP contribution in [0.2, 0.25) is 0 Å². The van der Waals surface area contributed by atoms with Gasteiger partial charge >= 0.3 is 0 Å². The highest BCUT2D eigenvalue weighted by Crippen LogP contribution is 2.33. The highest BCUT2D eigenvalue weighted by molar-refractivity contribution is 5.02. The van der Waals surface area contributed by atoms with E-state index >= 15 is 0 Å². The van der Waals surface area contributed by atoms with Gasteiger partial charge in [0.2, 0.25) is 11.7 Å². The van der Waals surface area contributed by atoms with Crippen molar-refractivity contribution in [3.05, 3.63) is 11.7 Å². The van der Waals surface area contributed by atoms with E-state index in [1.807, 2.05) is 14.0 Å². The Kier molecular flexibility index (Phi) is 4.35. The van der Waals surface area contributed by atoms with Gasteiger partial charge in [-0.05, 0) is 33.2 Å². The molecule has 0 amide bonds. The van der Waals surface area contributed by atoms with Crippen molar-refractivity contribution in [2.45, 2.75) is 57.6 Å². The lowest BCUT2D eigenvalue weighted by atomic mass is 10.0. The number of likely N-dealkylation sites (N-methyl/N-ethyl adjacent to an activating group) is 1. The molecule has 102 valence electrons. The average molecular weight is 253 g/mol. The van der Waals surface area contributed by atoms with Crippen LogP contribution >= 0.6 is 0 Å². The molecule has 5 nitrogen and oxygen atoms in total. The summed E-state index contributed by atoms with van der Waals surface area (Å²) in [6.07, 6.45) is 5.08.